The Morgan fingerprint density at radius 2 is 2.00 bits per heavy atom. The lowest BCUT2D eigenvalue weighted by Gasteiger charge is -2.14. The first kappa shape index (κ1) is 11.9. The molecule has 0 heterocycles. The van der Waals surface area contributed by atoms with E-state index in [0.29, 0.717) is 6.54 Å². The van der Waals surface area contributed by atoms with Gasteiger partial charge in [-0.05, 0) is 19.8 Å². The maximum Gasteiger partial charge on any atom is 0.214 e. The second-order valence-electron chi connectivity index (χ2n) is 3.85. The largest absolute Gasteiger partial charge is 0.380 e. The van der Waals surface area contributed by atoms with E-state index in [9.17, 15) is 8.42 Å². The fourth-order valence-electron chi connectivity index (χ4n) is 1.63. The summed E-state index contributed by atoms with van der Waals surface area (Å²) in [7, 11) is -1.52. The van der Waals surface area contributed by atoms with Gasteiger partial charge in [0.1, 0.15) is 0 Å². The van der Waals surface area contributed by atoms with Crippen molar-refractivity contribution in [1.29, 1.82) is 0 Å². The Hall–Kier alpha value is -0.130. The minimum Gasteiger partial charge on any atom is -0.380 e. The molecule has 0 spiro atoms. The van der Waals surface area contributed by atoms with E-state index in [0.717, 1.165) is 25.7 Å². The fraction of sp³-hybridized carbons (Fsp3) is 1.00. The lowest BCUT2D eigenvalue weighted by Crippen LogP contribution is -2.37. The summed E-state index contributed by atoms with van der Waals surface area (Å²) in [5.41, 5.74) is 0. The van der Waals surface area contributed by atoms with E-state index in [-0.39, 0.29) is 11.4 Å². The normalized spacial score (nSPS) is 21.3. The quantitative estimate of drug-likeness (QED) is 0.750. The second-order valence-corrected chi connectivity index (χ2v) is 5.89. The van der Waals surface area contributed by atoms with Gasteiger partial charge < -0.3 is 4.74 Å². The Balaban J connectivity index is 2.41. The van der Waals surface area contributed by atoms with Crippen molar-refractivity contribution >= 4 is 10.0 Å². The molecule has 5 heteroatoms. The van der Waals surface area contributed by atoms with Crippen LogP contribution in [0.3, 0.4) is 0 Å². The van der Waals surface area contributed by atoms with Crippen LogP contribution in [0, 0.1) is 0 Å². The molecule has 14 heavy (non-hydrogen) atoms. The van der Waals surface area contributed by atoms with E-state index in [1.165, 1.54) is 0 Å². The maximum atomic E-state index is 11.7. The number of ether oxygens (including phenoxy) is 1. The van der Waals surface area contributed by atoms with E-state index in [1.807, 2.05) is 6.92 Å². The molecule has 1 aliphatic carbocycles. The molecule has 0 aromatic rings. The molecule has 0 aromatic heterocycles. The van der Waals surface area contributed by atoms with E-state index in [1.54, 1.807) is 7.11 Å². The molecule has 1 N–H and O–H groups in total. The third-order valence-electron chi connectivity index (χ3n) is 2.72. The van der Waals surface area contributed by atoms with Crippen molar-refractivity contribution in [3.63, 3.8) is 0 Å². The molecule has 1 unspecified atom stereocenters. The van der Waals surface area contributed by atoms with Crippen LogP contribution in [0.25, 0.3) is 0 Å². The highest BCUT2D eigenvalue weighted by Gasteiger charge is 2.28. The Labute approximate surface area is 86.1 Å². The highest BCUT2D eigenvalue weighted by molar-refractivity contribution is 7.90. The van der Waals surface area contributed by atoms with E-state index in [2.05, 4.69) is 4.72 Å². The average Bonchev–Trinajstić information content (AvgIpc) is 2.67. The Bertz CT molecular complexity index is 257. The van der Waals surface area contributed by atoms with Gasteiger partial charge in [0.05, 0.1) is 11.4 Å². The summed E-state index contributed by atoms with van der Waals surface area (Å²) in [4.78, 5) is 0. The molecule has 0 bridgehead atoms. The van der Waals surface area contributed by atoms with E-state index < -0.39 is 10.0 Å². The van der Waals surface area contributed by atoms with Gasteiger partial charge in [-0.2, -0.15) is 0 Å². The molecule has 1 saturated carbocycles. The van der Waals surface area contributed by atoms with Gasteiger partial charge in [0, 0.05) is 13.7 Å². The summed E-state index contributed by atoms with van der Waals surface area (Å²) in [6, 6.07) is 0. The summed E-state index contributed by atoms with van der Waals surface area (Å²) in [5.74, 6) is 0. The van der Waals surface area contributed by atoms with Gasteiger partial charge in [-0.25, -0.2) is 13.1 Å². The number of hydrogen-bond donors (Lipinski definition) is 1. The maximum absolute atomic E-state index is 11.7. The van der Waals surface area contributed by atoms with E-state index >= 15 is 0 Å². The third-order valence-corrected chi connectivity index (χ3v) is 4.63. The summed E-state index contributed by atoms with van der Waals surface area (Å²) in [5, 5.41) is -0.174. The van der Waals surface area contributed by atoms with Crippen molar-refractivity contribution in [3.05, 3.63) is 0 Å². The van der Waals surface area contributed by atoms with Crippen molar-refractivity contribution < 1.29 is 13.2 Å². The molecule has 4 nitrogen and oxygen atoms in total. The molecule has 84 valence electrons. The summed E-state index contributed by atoms with van der Waals surface area (Å²) in [6.07, 6.45) is 3.61. The average molecular weight is 221 g/mol. The van der Waals surface area contributed by atoms with Crippen LogP contribution in [0.5, 0.6) is 0 Å². The van der Waals surface area contributed by atoms with Gasteiger partial charge in [0.15, 0.2) is 0 Å². The Morgan fingerprint density at radius 3 is 2.50 bits per heavy atom. The first-order valence-electron chi connectivity index (χ1n) is 5.07. The molecule has 0 amide bonds. The van der Waals surface area contributed by atoms with Crippen molar-refractivity contribution in [3.8, 4) is 0 Å². The zero-order valence-corrected chi connectivity index (χ0v) is 9.64. The summed E-state index contributed by atoms with van der Waals surface area (Å²) < 4.78 is 31.0. The molecule has 0 radical (unpaired) electrons. The first-order valence-corrected chi connectivity index (χ1v) is 6.62. The molecule has 1 fully saturated rings. The van der Waals surface area contributed by atoms with Crippen LogP contribution < -0.4 is 4.72 Å². The minimum atomic E-state index is -3.10. The first-order chi connectivity index (χ1) is 6.56. The molecular weight excluding hydrogens is 202 g/mol. The summed E-state index contributed by atoms with van der Waals surface area (Å²) >= 11 is 0. The third kappa shape index (κ3) is 3.22. The number of rotatable bonds is 5. The fourth-order valence-corrected chi connectivity index (χ4v) is 3.29. The van der Waals surface area contributed by atoms with Crippen molar-refractivity contribution in [2.45, 2.75) is 44.0 Å². The van der Waals surface area contributed by atoms with Crippen LogP contribution in [-0.4, -0.2) is 33.4 Å². The predicted molar refractivity (Wildman–Crippen MR) is 55.6 cm³/mol. The smallest absolute Gasteiger partial charge is 0.214 e. The number of hydrogen-bond acceptors (Lipinski definition) is 3. The summed E-state index contributed by atoms with van der Waals surface area (Å²) in [6.45, 7) is 2.21. The van der Waals surface area contributed by atoms with Crippen LogP contribution in [-0.2, 0) is 14.8 Å². The van der Waals surface area contributed by atoms with Gasteiger partial charge in [-0.3, -0.25) is 0 Å². The Morgan fingerprint density at radius 1 is 1.43 bits per heavy atom. The number of methoxy groups -OCH3 is 1. The van der Waals surface area contributed by atoms with Crippen LogP contribution in [0.4, 0.5) is 0 Å². The van der Waals surface area contributed by atoms with E-state index in [4.69, 9.17) is 4.74 Å². The standard InChI is InChI=1S/C9H19NO3S/c1-8(13-2)7-10-14(11,12)9-5-3-4-6-9/h8-10H,3-7H2,1-2H3. The zero-order chi connectivity index (χ0) is 10.6. The molecule has 0 aliphatic heterocycles. The van der Waals surface area contributed by atoms with Gasteiger partial charge in [0.2, 0.25) is 10.0 Å². The van der Waals surface area contributed by atoms with Gasteiger partial charge in [-0.1, -0.05) is 12.8 Å². The monoisotopic (exact) mass is 221 g/mol. The molecular formula is C9H19NO3S. The molecule has 1 aliphatic rings. The predicted octanol–water partition coefficient (Wildman–Crippen LogP) is 0.883. The van der Waals surface area contributed by atoms with Crippen LogP contribution in [0.1, 0.15) is 32.6 Å². The van der Waals surface area contributed by atoms with Crippen LogP contribution in [0.2, 0.25) is 0 Å². The topological polar surface area (TPSA) is 55.4 Å². The van der Waals surface area contributed by atoms with Gasteiger partial charge >= 0.3 is 0 Å². The molecule has 0 saturated heterocycles. The zero-order valence-electron chi connectivity index (χ0n) is 8.82. The van der Waals surface area contributed by atoms with Crippen molar-refractivity contribution in [1.82, 2.24) is 4.72 Å². The minimum absolute atomic E-state index is 0.0637. The lowest BCUT2D eigenvalue weighted by atomic mass is 10.4. The number of sulfonamides is 1. The Kier molecular flexibility index (Phi) is 4.34. The molecule has 1 rings (SSSR count). The molecule has 1 atom stereocenters. The molecule has 0 aromatic carbocycles. The van der Waals surface area contributed by atoms with Gasteiger partial charge in [-0.15, -0.1) is 0 Å². The van der Waals surface area contributed by atoms with Crippen LogP contribution in [0.15, 0.2) is 0 Å². The highest BCUT2D eigenvalue weighted by atomic mass is 32.2. The highest BCUT2D eigenvalue weighted by Crippen LogP contribution is 2.23. The van der Waals surface area contributed by atoms with Gasteiger partial charge in [0.25, 0.3) is 0 Å². The number of nitrogens with one attached hydrogen (secondary N) is 1. The van der Waals surface area contributed by atoms with Crippen LogP contribution >= 0.6 is 0 Å². The SMILES string of the molecule is COC(C)CNS(=O)(=O)C1CCCC1. The second kappa shape index (κ2) is 5.09. The lowest BCUT2D eigenvalue weighted by molar-refractivity contribution is 0.122. The van der Waals surface area contributed by atoms with Crippen molar-refractivity contribution in [2.75, 3.05) is 13.7 Å². The van der Waals surface area contributed by atoms with Crippen molar-refractivity contribution in [2.24, 2.45) is 0 Å².